The average molecular weight is 202 g/mol. The zero-order valence-corrected chi connectivity index (χ0v) is 9.15. The molecule has 1 heteroatoms. The van der Waals surface area contributed by atoms with Crippen molar-refractivity contribution in [2.24, 2.45) is 0 Å². The maximum absolute atomic E-state index is 8.54. The highest BCUT2D eigenvalue weighted by Crippen LogP contribution is 2.38. The van der Waals surface area contributed by atoms with Gasteiger partial charge in [0.05, 0.1) is 0 Å². The summed E-state index contributed by atoms with van der Waals surface area (Å²) in [6.45, 7) is 1.11. The summed E-state index contributed by atoms with van der Waals surface area (Å²) in [6, 6.07) is 11.0. The Bertz CT molecular complexity index is 364. The Morgan fingerprint density at radius 1 is 1.07 bits per heavy atom. The molecule has 0 amide bonds. The van der Waals surface area contributed by atoms with Gasteiger partial charge in [-0.1, -0.05) is 30.3 Å². The SMILES string of the molecule is [2H][C@@]12CCC[C@H](c3ccccc3)N1CCC2. The van der Waals surface area contributed by atoms with Crippen LogP contribution in [0, 0.1) is 0 Å². The summed E-state index contributed by atoms with van der Waals surface area (Å²) < 4.78 is 8.54. The van der Waals surface area contributed by atoms with Crippen LogP contribution in [-0.4, -0.2) is 17.5 Å². The van der Waals surface area contributed by atoms with E-state index >= 15 is 0 Å². The maximum atomic E-state index is 8.54. The second-order valence-corrected chi connectivity index (χ2v) is 4.68. The summed E-state index contributed by atoms with van der Waals surface area (Å²) in [6.07, 6.45) is 5.77. The zero-order valence-electron chi connectivity index (χ0n) is 10.2. The minimum Gasteiger partial charge on any atom is -0.293 e. The van der Waals surface area contributed by atoms with Gasteiger partial charge in [0, 0.05) is 13.4 Å². The molecule has 0 aromatic heterocycles. The van der Waals surface area contributed by atoms with E-state index in [-0.39, 0.29) is 6.02 Å². The number of nitrogens with zero attached hydrogens (tertiary/aromatic N) is 1. The molecule has 0 aliphatic carbocycles. The third kappa shape index (κ3) is 1.69. The van der Waals surface area contributed by atoms with E-state index in [0.717, 1.165) is 19.4 Å². The van der Waals surface area contributed by atoms with Gasteiger partial charge in [0.25, 0.3) is 0 Å². The molecule has 3 rings (SSSR count). The molecule has 2 saturated heterocycles. The summed E-state index contributed by atoms with van der Waals surface area (Å²) >= 11 is 0. The number of fused-ring (bicyclic) bond motifs is 1. The summed E-state index contributed by atoms with van der Waals surface area (Å²) in [5.74, 6) is 0. The normalized spacial score (nSPS) is 37.3. The van der Waals surface area contributed by atoms with Crippen LogP contribution in [0.1, 0.15) is 45.1 Å². The van der Waals surface area contributed by atoms with Crippen molar-refractivity contribution >= 4 is 0 Å². The van der Waals surface area contributed by atoms with Crippen LogP contribution in [-0.2, 0) is 0 Å². The first-order valence-corrected chi connectivity index (χ1v) is 6.11. The Hall–Kier alpha value is -0.820. The van der Waals surface area contributed by atoms with Gasteiger partial charge in [0.1, 0.15) is 0 Å². The van der Waals surface area contributed by atoms with Crippen molar-refractivity contribution in [1.82, 2.24) is 4.90 Å². The van der Waals surface area contributed by atoms with Crippen LogP contribution in [0.15, 0.2) is 30.3 Å². The van der Waals surface area contributed by atoms with Gasteiger partial charge in [-0.2, -0.15) is 0 Å². The molecular weight excluding hydrogens is 182 g/mol. The van der Waals surface area contributed by atoms with Crippen LogP contribution in [0.25, 0.3) is 0 Å². The fourth-order valence-corrected chi connectivity index (χ4v) is 3.08. The largest absolute Gasteiger partial charge is 0.293 e. The highest BCUT2D eigenvalue weighted by atomic mass is 15.2. The van der Waals surface area contributed by atoms with E-state index in [0.29, 0.717) is 6.04 Å². The molecule has 2 heterocycles. The van der Waals surface area contributed by atoms with Gasteiger partial charge in [-0.15, -0.1) is 0 Å². The molecule has 0 spiro atoms. The molecule has 2 atom stereocenters. The molecule has 1 aromatic rings. The number of rotatable bonds is 1. The van der Waals surface area contributed by atoms with Crippen molar-refractivity contribution in [2.75, 3.05) is 6.54 Å². The third-order valence-electron chi connectivity index (χ3n) is 3.77. The Morgan fingerprint density at radius 2 is 1.87 bits per heavy atom. The van der Waals surface area contributed by atoms with Crippen LogP contribution in [0.4, 0.5) is 0 Å². The van der Waals surface area contributed by atoms with E-state index in [1.165, 1.54) is 24.8 Å². The molecular formula is C14H19N. The Morgan fingerprint density at radius 3 is 2.73 bits per heavy atom. The first-order valence-electron chi connectivity index (χ1n) is 6.61. The molecule has 0 radical (unpaired) electrons. The molecule has 0 saturated carbocycles. The van der Waals surface area contributed by atoms with Gasteiger partial charge < -0.3 is 0 Å². The minimum atomic E-state index is -0.251. The van der Waals surface area contributed by atoms with Crippen molar-refractivity contribution < 1.29 is 1.37 Å². The highest BCUT2D eigenvalue weighted by Gasteiger charge is 2.34. The molecule has 1 aromatic carbocycles. The Kier molecular flexibility index (Phi) is 2.21. The number of hydrogen-bond donors (Lipinski definition) is 0. The number of piperidine rings is 1. The summed E-state index contributed by atoms with van der Waals surface area (Å²) in [5.41, 5.74) is 1.40. The molecule has 0 bridgehead atoms. The summed E-state index contributed by atoms with van der Waals surface area (Å²) in [5, 5.41) is 0. The van der Waals surface area contributed by atoms with Crippen LogP contribution >= 0.6 is 0 Å². The van der Waals surface area contributed by atoms with E-state index in [9.17, 15) is 0 Å². The number of hydrogen-bond acceptors (Lipinski definition) is 1. The van der Waals surface area contributed by atoms with Gasteiger partial charge in [-0.25, -0.2) is 0 Å². The predicted molar refractivity (Wildman–Crippen MR) is 62.8 cm³/mol. The minimum absolute atomic E-state index is 0.251. The number of benzene rings is 1. The van der Waals surface area contributed by atoms with Crippen molar-refractivity contribution in [1.29, 1.82) is 0 Å². The van der Waals surface area contributed by atoms with E-state index in [1.54, 1.807) is 0 Å². The molecule has 15 heavy (non-hydrogen) atoms. The average Bonchev–Trinajstić information content (AvgIpc) is 2.71. The van der Waals surface area contributed by atoms with Crippen molar-refractivity contribution in [2.45, 2.75) is 44.2 Å². The zero-order chi connectivity index (χ0) is 11.0. The summed E-state index contributed by atoms with van der Waals surface area (Å²) in [7, 11) is 0. The van der Waals surface area contributed by atoms with Gasteiger partial charge >= 0.3 is 0 Å². The predicted octanol–water partition coefficient (Wildman–Crippen LogP) is 3.38. The van der Waals surface area contributed by atoms with Crippen molar-refractivity contribution in [3.05, 3.63) is 35.9 Å². The van der Waals surface area contributed by atoms with Crippen LogP contribution in [0.2, 0.25) is 0 Å². The van der Waals surface area contributed by atoms with Gasteiger partial charge in [-0.3, -0.25) is 4.90 Å². The first kappa shape index (κ1) is 8.35. The van der Waals surface area contributed by atoms with Gasteiger partial charge in [-0.05, 0) is 44.2 Å². The Balaban J connectivity index is 1.91. The lowest BCUT2D eigenvalue weighted by atomic mass is 9.92. The van der Waals surface area contributed by atoms with Gasteiger partial charge in [0.15, 0.2) is 0 Å². The second kappa shape index (κ2) is 3.97. The summed E-state index contributed by atoms with van der Waals surface area (Å²) in [4.78, 5) is 2.44. The van der Waals surface area contributed by atoms with Gasteiger partial charge in [0.2, 0.25) is 0 Å². The molecule has 2 aliphatic heterocycles. The van der Waals surface area contributed by atoms with Crippen molar-refractivity contribution in [3.63, 3.8) is 0 Å². The fraction of sp³-hybridized carbons (Fsp3) is 0.571. The quantitative estimate of drug-likeness (QED) is 0.675. The highest BCUT2D eigenvalue weighted by molar-refractivity contribution is 5.20. The molecule has 2 aliphatic rings. The van der Waals surface area contributed by atoms with E-state index in [1.807, 2.05) is 0 Å². The third-order valence-corrected chi connectivity index (χ3v) is 3.77. The maximum Gasteiger partial charge on any atom is 0.0467 e. The lowest BCUT2D eigenvalue weighted by molar-refractivity contribution is 0.123. The standard InChI is InChI=1S/C14H19N/c1-2-6-12(7-3-1)14-10-4-8-13-9-5-11-15(13)14/h1-3,6-7,13-14H,4-5,8-11H2/t13-,14+/m0/s1/i13D. The van der Waals surface area contributed by atoms with Crippen LogP contribution < -0.4 is 0 Å². The second-order valence-electron chi connectivity index (χ2n) is 4.68. The smallest absolute Gasteiger partial charge is 0.0467 e. The van der Waals surface area contributed by atoms with E-state index in [2.05, 4.69) is 35.2 Å². The Labute approximate surface area is 93.5 Å². The van der Waals surface area contributed by atoms with E-state index < -0.39 is 0 Å². The molecule has 80 valence electrons. The fourth-order valence-electron chi connectivity index (χ4n) is 3.08. The first-order chi connectivity index (χ1) is 7.80. The molecule has 1 nitrogen and oxygen atoms in total. The lowest BCUT2D eigenvalue weighted by Crippen LogP contribution is -2.37. The van der Waals surface area contributed by atoms with Crippen LogP contribution in [0.3, 0.4) is 0 Å². The molecule has 2 fully saturated rings. The van der Waals surface area contributed by atoms with Crippen molar-refractivity contribution in [3.8, 4) is 0 Å². The van der Waals surface area contributed by atoms with Crippen LogP contribution in [0.5, 0.6) is 0 Å². The topological polar surface area (TPSA) is 3.24 Å². The lowest BCUT2D eigenvalue weighted by Gasteiger charge is -2.38. The molecule has 0 unspecified atom stereocenters. The molecule has 0 N–H and O–H groups in total. The monoisotopic (exact) mass is 202 g/mol. The van der Waals surface area contributed by atoms with E-state index in [4.69, 9.17) is 1.37 Å².